The van der Waals surface area contributed by atoms with E-state index in [-0.39, 0.29) is 0 Å². The lowest BCUT2D eigenvalue weighted by Crippen LogP contribution is -2.37. The van der Waals surface area contributed by atoms with Crippen LogP contribution in [0, 0.1) is 0 Å². The molecule has 142 valence electrons. The molecule has 1 unspecified atom stereocenters. The molecule has 1 saturated carbocycles. The van der Waals surface area contributed by atoms with Crippen LogP contribution in [-0.2, 0) is 0 Å². The molecule has 0 aromatic heterocycles. The zero-order valence-corrected chi connectivity index (χ0v) is 16.3. The van der Waals surface area contributed by atoms with Gasteiger partial charge in [0.15, 0.2) is 11.5 Å². The molecule has 1 aromatic carbocycles. The number of fused-ring (bicyclic) bond motifs is 2. The molecule has 2 aliphatic heterocycles. The third kappa shape index (κ3) is 3.57. The highest BCUT2D eigenvalue weighted by Crippen LogP contribution is 2.43. The van der Waals surface area contributed by atoms with Gasteiger partial charge >= 0.3 is 0 Å². The van der Waals surface area contributed by atoms with Crippen molar-refractivity contribution in [1.82, 2.24) is 4.90 Å². The Morgan fingerprint density at radius 1 is 1.08 bits per heavy atom. The first-order valence-electron chi connectivity index (χ1n) is 10.3. The van der Waals surface area contributed by atoms with Gasteiger partial charge in [-0.3, -0.25) is 0 Å². The van der Waals surface area contributed by atoms with E-state index in [1.165, 1.54) is 62.9 Å². The maximum Gasteiger partial charge on any atom is 0.163 e. The van der Waals surface area contributed by atoms with Crippen LogP contribution < -0.4 is 14.4 Å². The zero-order valence-electron chi connectivity index (χ0n) is 16.3. The van der Waals surface area contributed by atoms with Crippen LogP contribution in [0.25, 0.3) is 6.08 Å². The number of rotatable bonds is 6. The van der Waals surface area contributed by atoms with Gasteiger partial charge < -0.3 is 19.3 Å². The number of likely N-dealkylation sites (tertiary alicyclic amines) is 1. The first-order valence-corrected chi connectivity index (χ1v) is 10.3. The SMILES string of the molecule is COc1cc2c(cc1OCCCN1CCCC1)N(C)C1CCCCC1=C2. The standard InChI is InChI=1S/C22H32N2O2/c1-23-19-9-4-3-8-17(19)14-18-15-21(25-2)22(16-20(18)23)26-13-7-12-24-10-5-6-11-24/h14-16,19H,3-13H2,1-2H3. The Hall–Kier alpha value is -1.68. The van der Waals surface area contributed by atoms with Gasteiger partial charge in [0.2, 0.25) is 0 Å². The summed E-state index contributed by atoms with van der Waals surface area (Å²) in [6.07, 6.45) is 11.3. The fraction of sp³-hybridized carbons (Fsp3) is 0.636. The molecule has 4 nitrogen and oxygen atoms in total. The molecule has 1 saturated heterocycles. The van der Waals surface area contributed by atoms with Crippen molar-refractivity contribution in [2.24, 2.45) is 0 Å². The summed E-state index contributed by atoms with van der Waals surface area (Å²) in [5.41, 5.74) is 4.12. The molecule has 1 aromatic rings. The van der Waals surface area contributed by atoms with E-state index in [0.717, 1.165) is 31.1 Å². The lowest BCUT2D eigenvalue weighted by Gasteiger charge is -2.39. The number of hydrogen-bond acceptors (Lipinski definition) is 4. The predicted molar refractivity (Wildman–Crippen MR) is 107 cm³/mol. The fourth-order valence-corrected chi connectivity index (χ4v) is 4.73. The molecule has 4 heteroatoms. The Morgan fingerprint density at radius 3 is 2.73 bits per heavy atom. The average molecular weight is 357 g/mol. The Balaban J connectivity index is 1.47. The minimum absolute atomic E-state index is 0.563. The van der Waals surface area contributed by atoms with Gasteiger partial charge in [0, 0.05) is 30.9 Å². The number of anilines is 1. The van der Waals surface area contributed by atoms with Gasteiger partial charge in [0.05, 0.1) is 19.8 Å². The van der Waals surface area contributed by atoms with Crippen LogP contribution in [0.5, 0.6) is 11.5 Å². The topological polar surface area (TPSA) is 24.9 Å². The maximum atomic E-state index is 6.14. The fourth-order valence-electron chi connectivity index (χ4n) is 4.73. The Bertz CT molecular complexity index is 664. The molecule has 1 atom stereocenters. The highest BCUT2D eigenvalue weighted by Gasteiger charge is 2.29. The van der Waals surface area contributed by atoms with Crippen molar-refractivity contribution in [2.75, 3.05) is 45.3 Å². The van der Waals surface area contributed by atoms with Crippen LogP contribution in [0.15, 0.2) is 17.7 Å². The quantitative estimate of drug-likeness (QED) is 0.708. The van der Waals surface area contributed by atoms with Gasteiger partial charge in [0.25, 0.3) is 0 Å². The number of methoxy groups -OCH3 is 1. The molecule has 0 N–H and O–H groups in total. The zero-order chi connectivity index (χ0) is 17.9. The van der Waals surface area contributed by atoms with Crippen LogP contribution in [0.2, 0.25) is 0 Å². The third-order valence-corrected chi connectivity index (χ3v) is 6.20. The summed E-state index contributed by atoms with van der Waals surface area (Å²) in [4.78, 5) is 4.98. The van der Waals surface area contributed by atoms with Crippen molar-refractivity contribution in [2.45, 2.75) is 51.0 Å². The van der Waals surface area contributed by atoms with E-state index >= 15 is 0 Å². The van der Waals surface area contributed by atoms with Crippen molar-refractivity contribution in [3.05, 3.63) is 23.3 Å². The molecule has 2 fully saturated rings. The summed E-state index contributed by atoms with van der Waals surface area (Å²) in [6.45, 7) is 4.40. The van der Waals surface area contributed by atoms with E-state index in [4.69, 9.17) is 9.47 Å². The van der Waals surface area contributed by atoms with Crippen molar-refractivity contribution < 1.29 is 9.47 Å². The molecular weight excluding hydrogens is 324 g/mol. The first kappa shape index (κ1) is 17.7. The summed E-state index contributed by atoms with van der Waals surface area (Å²) >= 11 is 0. The van der Waals surface area contributed by atoms with Crippen molar-refractivity contribution >= 4 is 11.8 Å². The second kappa shape index (κ2) is 7.91. The van der Waals surface area contributed by atoms with Gasteiger partial charge in [-0.1, -0.05) is 12.5 Å². The van der Waals surface area contributed by atoms with Gasteiger partial charge in [-0.2, -0.15) is 0 Å². The number of ether oxygens (including phenoxy) is 2. The molecule has 0 amide bonds. The van der Waals surface area contributed by atoms with E-state index < -0.39 is 0 Å². The lowest BCUT2D eigenvalue weighted by molar-refractivity contribution is 0.254. The summed E-state index contributed by atoms with van der Waals surface area (Å²) in [6, 6.07) is 4.90. The van der Waals surface area contributed by atoms with Crippen LogP contribution in [0.4, 0.5) is 5.69 Å². The minimum Gasteiger partial charge on any atom is -0.493 e. The number of nitrogens with zero attached hydrogens (tertiary/aromatic N) is 2. The molecule has 1 aliphatic carbocycles. The molecule has 3 aliphatic rings. The predicted octanol–water partition coefficient (Wildman–Crippen LogP) is 4.34. The molecular formula is C22H32N2O2. The molecule has 26 heavy (non-hydrogen) atoms. The summed E-state index contributed by atoms with van der Waals surface area (Å²) in [5, 5.41) is 0. The van der Waals surface area contributed by atoms with Crippen molar-refractivity contribution in [1.29, 1.82) is 0 Å². The Morgan fingerprint density at radius 2 is 1.92 bits per heavy atom. The van der Waals surface area contributed by atoms with Crippen LogP contribution in [0.3, 0.4) is 0 Å². The maximum absolute atomic E-state index is 6.14. The second-order valence-electron chi connectivity index (χ2n) is 7.90. The first-order chi connectivity index (χ1) is 12.8. The van der Waals surface area contributed by atoms with E-state index in [1.807, 2.05) is 0 Å². The summed E-state index contributed by atoms with van der Waals surface area (Å²) < 4.78 is 11.8. The smallest absolute Gasteiger partial charge is 0.163 e. The third-order valence-electron chi connectivity index (χ3n) is 6.20. The van der Waals surface area contributed by atoms with Crippen molar-refractivity contribution in [3.63, 3.8) is 0 Å². The highest BCUT2D eigenvalue weighted by atomic mass is 16.5. The molecule has 0 spiro atoms. The monoisotopic (exact) mass is 356 g/mol. The number of benzene rings is 1. The highest BCUT2D eigenvalue weighted by molar-refractivity contribution is 5.77. The molecule has 4 rings (SSSR count). The minimum atomic E-state index is 0.563. The van der Waals surface area contributed by atoms with Gasteiger partial charge in [-0.25, -0.2) is 0 Å². The summed E-state index contributed by atoms with van der Waals surface area (Å²) in [5.74, 6) is 1.73. The molecule has 0 bridgehead atoms. The van der Waals surface area contributed by atoms with Gasteiger partial charge in [-0.05, 0) is 63.3 Å². The van der Waals surface area contributed by atoms with Crippen LogP contribution in [-0.4, -0.2) is 51.3 Å². The van der Waals surface area contributed by atoms with Gasteiger partial charge in [0.1, 0.15) is 0 Å². The lowest BCUT2D eigenvalue weighted by atomic mass is 9.84. The number of hydrogen-bond donors (Lipinski definition) is 0. The van der Waals surface area contributed by atoms with Crippen LogP contribution >= 0.6 is 0 Å². The van der Waals surface area contributed by atoms with E-state index in [1.54, 1.807) is 12.7 Å². The van der Waals surface area contributed by atoms with E-state index in [0.29, 0.717) is 6.04 Å². The Labute approximate surface area is 157 Å². The summed E-state index contributed by atoms with van der Waals surface area (Å²) in [7, 11) is 3.97. The van der Waals surface area contributed by atoms with E-state index in [9.17, 15) is 0 Å². The molecule has 0 radical (unpaired) electrons. The number of likely N-dealkylation sites (N-methyl/N-ethyl adjacent to an activating group) is 1. The van der Waals surface area contributed by atoms with Crippen molar-refractivity contribution in [3.8, 4) is 11.5 Å². The average Bonchev–Trinajstić information content (AvgIpc) is 3.19. The Kier molecular flexibility index (Phi) is 5.39. The van der Waals surface area contributed by atoms with E-state index in [2.05, 4.69) is 35.1 Å². The van der Waals surface area contributed by atoms with Crippen LogP contribution in [0.1, 0.15) is 50.5 Å². The van der Waals surface area contributed by atoms with Gasteiger partial charge in [-0.15, -0.1) is 0 Å². The largest absolute Gasteiger partial charge is 0.493 e. The molecule has 2 heterocycles. The normalized spacial score (nSPS) is 22.6. The second-order valence-corrected chi connectivity index (χ2v) is 7.90.